The van der Waals surface area contributed by atoms with Crippen LogP contribution in [0.2, 0.25) is 0 Å². The van der Waals surface area contributed by atoms with Crippen molar-refractivity contribution in [3.05, 3.63) is 59.9 Å². The van der Waals surface area contributed by atoms with Crippen molar-refractivity contribution < 1.29 is 28.2 Å². The van der Waals surface area contributed by atoms with E-state index in [0.717, 1.165) is 5.56 Å². The fraction of sp³-hybridized carbons (Fsp3) is 0.111. The summed E-state index contributed by atoms with van der Waals surface area (Å²) in [4.78, 5) is 11.2. The molecular formula is C18H12F2N2O4. The molecule has 0 fully saturated rings. The summed E-state index contributed by atoms with van der Waals surface area (Å²) in [6, 6.07) is 11.6. The molecule has 0 spiro atoms. The van der Waals surface area contributed by atoms with Gasteiger partial charge in [0.05, 0.1) is 17.6 Å². The molecule has 2 heterocycles. The summed E-state index contributed by atoms with van der Waals surface area (Å²) in [5.74, 6) is -1.12. The van der Waals surface area contributed by atoms with E-state index < -0.39 is 12.3 Å². The first-order chi connectivity index (χ1) is 12.3. The second-order valence-corrected chi connectivity index (χ2v) is 5.74. The Balaban J connectivity index is 1.73. The highest BCUT2D eigenvalue weighted by molar-refractivity contribution is 5.88. The van der Waals surface area contributed by atoms with Gasteiger partial charge in [-0.1, -0.05) is 18.2 Å². The van der Waals surface area contributed by atoms with Crippen LogP contribution in [0.15, 0.2) is 48.7 Å². The number of nitrogens with zero attached hydrogens (tertiary/aromatic N) is 2. The summed E-state index contributed by atoms with van der Waals surface area (Å²) in [5, 5.41) is 13.3. The molecule has 0 radical (unpaired) electrons. The van der Waals surface area contributed by atoms with Gasteiger partial charge >= 0.3 is 12.3 Å². The maximum absolute atomic E-state index is 13.2. The van der Waals surface area contributed by atoms with Crippen LogP contribution in [0, 0.1) is 6.92 Å². The predicted molar refractivity (Wildman–Crippen MR) is 86.9 cm³/mol. The fourth-order valence-corrected chi connectivity index (χ4v) is 2.83. The lowest BCUT2D eigenvalue weighted by molar-refractivity contribution is -0.286. The summed E-state index contributed by atoms with van der Waals surface area (Å²) in [7, 11) is 0. The lowest BCUT2D eigenvalue weighted by atomic mass is 10.0. The van der Waals surface area contributed by atoms with Gasteiger partial charge in [0.15, 0.2) is 11.5 Å². The van der Waals surface area contributed by atoms with E-state index in [1.54, 1.807) is 37.3 Å². The minimum atomic E-state index is -3.66. The molecule has 0 atom stereocenters. The van der Waals surface area contributed by atoms with Gasteiger partial charge in [-0.15, -0.1) is 8.78 Å². The van der Waals surface area contributed by atoms with Gasteiger partial charge in [0.1, 0.15) is 5.56 Å². The molecule has 0 bridgehead atoms. The number of fused-ring (bicyclic) bond motifs is 1. The minimum absolute atomic E-state index is 0.0241. The Kier molecular flexibility index (Phi) is 3.43. The third-order valence-electron chi connectivity index (χ3n) is 4.07. The standard InChI is InChI=1S/C18H12F2N2O4/c1-10-14(17(23)24)9-21-22(10)13-4-2-3-11(7-13)12-5-6-15-16(8-12)26-18(19,20)25-15/h2-9H,1H3,(H,23,24). The van der Waals surface area contributed by atoms with Gasteiger partial charge < -0.3 is 14.6 Å². The first-order valence-electron chi connectivity index (χ1n) is 7.63. The number of aromatic carboxylic acids is 1. The normalized spacial score (nSPS) is 14.4. The molecule has 1 aliphatic rings. The third-order valence-corrected chi connectivity index (χ3v) is 4.07. The van der Waals surface area contributed by atoms with Crippen LogP contribution in [-0.2, 0) is 0 Å². The van der Waals surface area contributed by atoms with E-state index in [2.05, 4.69) is 14.6 Å². The van der Waals surface area contributed by atoms with E-state index in [-0.39, 0.29) is 17.1 Å². The van der Waals surface area contributed by atoms with Crippen LogP contribution < -0.4 is 9.47 Å². The van der Waals surface area contributed by atoms with E-state index in [1.165, 1.54) is 23.0 Å². The highest BCUT2D eigenvalue weighted by Gasteiger charge is 2.43. The van der Waals surface area contributed by atoms with Crippen molar-refractivity contribution >= 4 is 5.97 Å². The highest BCUT2D eigenvalue weighted by atomic mass is 19.3. The molecule has 2 aromatic carbocycles. The molecule has 4 rings (SSSR count). The lowest BCUT2D eigenvalue weighted by Crippen LogP contribution is -2.25. The van der Waals surface area contributed by atoms with Crippen LogP contribution in [-0.4, -0.2) is 27.2 Å². The van der Waals surface area contributed by atoms with Crippen molar-refractivity contribution in [1.82, 2.24) is 9.78 Å². The number of halogens is 2. The first kappa shape index (κ1) is 16.1. The second kappa shape index (κ2) is 5.55. The Hall–Kier alpha value is -3.42. The lowest BCUT2D eigenvalue weighted by Gasteiger charge is -2.08. The molecule has 1 N–H and O–H groups in total. The minimum Gasteiger partial charge on any atom is -0.478 e. The molecule has 1 aliphatic heterocycles. The smallest absolute Gasteiger partial charge is 0.478 e. The summed E-state index contributed by atoms with van der Waals surface area (Å²) >= 11 is 0. The van der Waals surface area contributed by atoms with Gasteiger partial charge in [-0.05, 0) is 42.3 Å². The van der Waals surface area contributed by atoms with E-state index in [1.807, 2.05) is 0 Å². The SMILES string of the molecule is Cc1c(C(=O)O)cnn1-c1cccc(-c2ccc3c(c2)OC(F)(F)O3)c1. The van der Waals surface area contributed by atoms with E-state index in [4.69, 9.17) is 5.11 Å². The van der Waals surface area contributed by atoms with Crippen molar-refractivity contribution in [3.63, 3.8) is 0 Å². The Morgan fingerprint density at radius 1 is 1.12 bits per heavy atom. The van der Waals surface area contributed by atoms with Crippen molar-refractivity contribution in [2.45, 2.75) is 13.2 Å². The van der Waals surface area contributed by atoms with E-state index in [9.17, 15) is 13.6 Å². The van der Waals surface area contributed by atoms with Crippen molar-refractivity contribution in [1.29, 1.82) is 0 Å². The number of benzene rings is 2. The maximum Gasteiger partial charge on any atom is 0.586 e. The van der Waals surface area contributed by atoms with Crippen LogP contribution >= 0.6 is 0 Å². The monoisotopic (exact) mass is 358 g/mol. The van der Waals surface area contributed by atoms with Gasteiger partial charge in [-0.25, -0.2) is 9.48 Å². The molecule has 0 unspecified atom stereocenters. The summed E-state index contributed by atoms with van der Waals surface area (Å²) < 4.78 is 36.7. The molecule has 132 valence electrons. The quantitative estimate of drug-likeness (QED) is 0.769. The van der Waals surface area contributed by atoms with Gasteiger partial charge in [0, 0.05) is 0 Å². The van der Waals surface area contributed by atoms with Crippen LogP contribution in [0.25, 0.3) is 16.8 Å². The average Bonchev–Trinajstić information content (AvgIpc) is 3.12. The second-order valence-electron chi connectivity index (χ2n) is 5.74. The number of carbonyl (C=O) groups is 1. The van der Waals surface area contributed by atoms with Crippen LogP contribution in [0.5, 0.6) is 11.5 Å². The summed E-state index contributed by atoms with van der Waals surface area (Å²) in [6.07, 6.45) is -2.38. The van der Waals surface area contributed by atoms with Crippen molar-refractivity contribution in [2.75, 3.05) is 0 Å². The van der Waals surface area contributed by atoms with Gasteiger partial charge in [0.2, 0.25) is 0 Å². The number of carboxylic acid groups (broad SMARTS) is 1. The predicted octanol–water partition coefficient (Wildman–Crippen LogP) is 3.87. The Morgan fingerprint density at radius 3 is 2.58 bits per heavy atom. The highest BCUT2D eigenvalue weighted by Crippen LogP contribution is 2.43. The number of rotatable bonds is 3. The molecular weight excluding hydrogens is 346 g/mol. The number of aromatic nitrogens is 2. The van der Waals surface area contributed by atoms with Crippen LogP contribution in [0.4, 0.5) is 8.78 Å². The van der Waals surface area contributed by atoms with Crippen molar-refractivity contribution in [3.8, 4) is 28.3 Å². The zero-order chi connectivity index (χ0) is 18.5. The Morgan fingerprint density at radius 2 is 1.85 bits per heavy atom. The Labute approximate surface area is 146 Å². The summed E-state index contributed by atoms with van der Waals surface area (Å²) in [5.41, 5.74) is 2.63. The fourth-order valence-electron chi connectivity index (χ4n) is 2.83. The number of alkyl halides is 2. The molecule has 0 saturated carbocycles. The maximum atomic E-state index is 13.2. The van der Waals surface area contributed by atoms with Gasteiger partial charge in [-0.3, -0.25) is 0 Å². The zero-order valence-corrected chi connectivity index (χ0v) is 13.4. The van der Waals surface area contributed by atoms with E-state index >= 15 is 0 Å². The average molecular weight is 358 g/mol. The number of hydrogen-bond acceptors (Lipinski definition) is 4. The molecule has 3 aromatic rings. The van der Waals surface area contributed by atoms with Gasteiger partial charge in [0.25, 0.3) is 0 Å². The molecule has 0 saturated heterocycles. The van der Waals surface area contributed by atoms with Crippen molar-refractivity contribution in [2.24, 2.45) is 0 Å². The third kappa shape index (κ3) is 2.65. The van der Waals surface area contributed by atoms with E-state index in [0.29, 0.717) is 16.9 Å². The Bertz CT molecular complexity index is 1030. The number of carboxylic acids is 1. The number of ether oxygens (including phenoxy) is 2. The first-order valence-corrected chi connectivity index (χ1v) is 7.63. The largest absolute Gasteiger partial charge is 0.586 e. The zero-order valence-electron chi connectivity index (χ0n) is 13.4. The molecule has 0 amide bonds. The van der Waals surface area contributed by atoms with Gasteiger partial charge in [-0.2, -0.15) is 5.10 Å². The molecule has 6 nitrogen and oxygen atoms in total. The molecule has 1 aromatic heterocycles. The molecule has 26 heavy (non-hydrogen) atoms. The topological polar surface area (TPSA) is 73.6 Å². The van der Waals surface area contributed by atoms with Crippen LogP contribution in [0.3, 0.4) is 0 Å². The summed E-state index contributed by atoms with van der Waals surface area (Å²) in [6.45, 7) is 1.66. The number of hydrogen-bond donors (Lipinski definition) is 1. The molecule has 0 aliphatic carbocycles. The van der Waals surface area contributed by atoms with Crippen LogP contribution in [0.1, 0.15) is 16.1 Å². The molecule has 8 heteroatoms.